The molecular weight excluding hydrogens is 427 g/mol. The normalized spacial score (nSPS) is 8.16. The third-order valence-electron chi connectivity index (χ3n) is 2.19. The number of unbranched alkanes of at least 4 members (excludes halogenated alkanes) is 3. The number of ketones is 1. The maximum absolute atomic E-state index is 10.4. The fourth-order valence-corrected chi connectivity index (χ4v) is 0.848. The van der Waals surface area contributed by atoms with Gasteiger partial charge in [-0.15, -0.1) is 19.8 Å². The van der Waals surface area contributed by atoms with Gasteiger partial charge in [0.25, 0.3) is 0 Å². The third kappa shape index (κ3) is 68.9. The van der Waals surface area contributed by atoms with Crippen molar-refractivity contribution in [2.75, 3.05) is 26.4 Å². The van der Waals surface area contributed by atoms with E-state index in [1.165, 1.54) is 6.92 Å². The quantitative estimate of drug-likeness (QED) is 0.365. The van der Waals surface area contributed by atoms with Crippen LogP contribution in [-0.2, 0) is 14.3 Å². The first kappa shape index (κ1) is 35.9. The van der Waals surface area contributed by atoms with Crippen molar-refractivity contribution in [3.05, 3.63) is 0 Å². The van der Waals surface area contributed by atoms with Crippen molar-refractivity contribution < 1.29 is 29.6 Å². The van der Waals surface area contributed by atoms with Crippen LogP contribution in [0.15, 0.2) is 0 Å². The summed E-state index contributed by atoms with van der Waals surface area (Å²) in [7, 11) is 0. The molecule has 0 aromatic heterocycles. The van der Waals surface area contributed by atoms with E-state index in [0.717, 1.165) is 38.5 Å². The van der Waals surface area contributed by atoms with E-state index in [0.29, 0.717) is 6.61 Å². The van der Waals surface area contributed by atoms with Gasteiger partial charge in [-0.05, 0) is 13.8 Å². The summed E-state index contributed by atoms with van der Waals surface area (Å²) in [4.78, 5) is 20.6. The van der Waals surface area contributed by atoms with Gasteiger partial charge in [-0.25, -0.2) is 0 Å². The SMILES string of the molecule is CCCC[O-].CCCC[O-].CCCC[O-].CCOC(=O)CC(C)=O.[In+3]. The predicted molar refractivity (Wildman–Crippen MR) is 97.0 cm³/mol. The topological polar surface area (TPSA) is 113 Å². The fraction of sp³-hybridized carbons (Fsp3) is 0.889. The number of esters is 1. The van der Waals surface area contributed by atoms with Crippen LogP contribution in [0.3, 0.4) is 0 Å². The van der Waals surface area contributed by atoms with Gasteiger partial charge < -0.3 is 20.1 Å². The van der Waals surface area contributed by atoms with Crippen molar-refractivity contribution in [3.8, 4) is 0 Å². The van der Waals surface area contributed by atoms with E-state index < -0.39 is 5.97 Å². The Morgan fingerprint density at radius 1 is 0.760 bits per heavy atom. The van der Waals surface area contributed by atoms with Gasteiger partial charge in [-0.3, -0.25) is 9.59 Å². The molecule has 7 heteroatoms. The van der Waals surface area contributed by atoms with Crippen molar-refractivity contribution >= 4 is 37.6 Å². The molecule has 0 bridgehead atoms. The molecule has 0 radical (unpaired) electrons. The van der Waals surface area contributed by atoms with Crippen LogP contribution in [0.1, 0.15) is 79.6 Å². The van der Waals surface area contributed by atoms with E-state index in [4.69, 9.17) is 0 Å². The van der Waals surface area contributed by atoms with Gasteiger partial charge in [0, 0.05) is 0 Å². The minimum atomic E-state index is -0.440. The Hall–Kier alpha value is -0.110. The second kappa shape index (κ2) is 39.1. The van der Waals surface area contributed by atoms with E-state index in [1.54, 1.807) is 6.92 Å². The smallest absolute Gasteiger partial charge is 0.854 e. The maximum Gasteiger partial charge on any atom is 3.00 e. The molecule has 0 heterocycles. The zero-order valence-electron chi connectivity index (χ0n) is 16.8. The molecule has 0 saturated heterocycles. The molecule has 0 fully saturated rings. The monoisotopic (exact) mass is 464 g/mol. The summed E-state index contributed by atoms with van der Waals surface area (Å²) >= 11 is 0. The second-order valence-corrected chi connectivity index (χ2v) is 4.86. The molecular formula is C18H37InO6. The summed E-state index contributed by atoms with van der Waals surface area (Å²) in [5.74, 6) is -0.599. The van der Waals surface area contributed by atoms with Gasteiger partial charge in [0.05, 0.1) is 6.61 Å². The molecule has 0 spiro atoms. The van der Waals surface area contributed by atoms with Crippen molar-refractivity contribution in [2.45, 2.75) is 79.6 Å². The maximum atomic E-state index is 10.4. The first-order chi connectivity index (χ1) is 11.4. The minimum absolute atomic E-state index is 0. The first-order valence-corrected chi connectivity index (χ1v) is 8.80. The van der Waals surface area contributed by atoms with Crippen LogP contribution in [0, 0.1) is 0 Å². The number of ether oxygens (including phenoxy) is 1. The number of carbonyl (C=O) groups excluding carboxylic acids is 2. The van der Waals surface area contributed by atoms with Crippen LogP contribution in [-0.4, -0.2) is 64.0 Å². The molecule has 0 atom stereocenters. The van der Waals surface area contributed by atoms with Crippen LogP contribution >= 0.6 is 0 Å². The van der Waals surface area contributed by atoms with Crippen molar-refractivity contribution in [2.24, 2.45) is 0 Å². The average Bonchev–Trinajstić information content (AvgIpc) is 2.51. The van der Waals surface area contributed by atoms with E-state index in [9.17, 15) is 24.9 Å². The largest absolute Gasteiger partial charge is 3.00 e. The molecule has 0 aliphatic rings. The zero-order chi connectivity index (χ0) is 19.6. The molecule has 0 aromatic rings. The summed E-state index contributed by atoms with van der Waals surface area (Å²) in [6.45, 7) is 9.72. The van der Waals surface area contributed by atoms with E-state index in [-0.39, 0.29) is 57.9 Å². The Kier molecular flexibility index (Phi) is 56.2. The Labute approximate surface area is 173 Å². The van der Waals surface area contributed by atoms with Crippen LogP contribution in [0.4, 0.5) is 0 Å². The summed E-state index contributed by atoms with van der Waals surface area (Å²) in [5.41, 5.74) is 0. The standard InChI is InChI=1S/C6H10O3.3C4H9O.In/c1-3-9-6(8)4-5(2)7;3*1-2-3-4-5;/h3-4H2,1-2H3;3*2-4H2,1H3;/q;3*-1;+3. The number of hydrogen-bond acceptors (Lipinski definition) is 6. The summed E-state index contributed by atoms with van der Waals surface area (Å²) in [5, 5.41) is 28.6. The Bertz CT molecular complexity index is 217. The molecule has 0 aromatic carbocycles. The number of hydrogen-bond donors (Lipinski definition) is 0. The Morgan fingerprint density at radius 3 is 1.20 bits per heavy atom. The van der Waals surface area contributed by atoms with Gasteiger partial charge in [0.2, 0.25) is 0 Å². The van der Waals surface area contributed by atoms with E-state index >= 15 is 0 Å². The summed E-state index contributed by atoms with van der Waals surface area (Å²) in [6.07, 6.45) is 5.49. The zero-order valence-corrected chi connectivity index (χ0v) is 20.1. The Balaban J connectivity index is -0.0000000733. The predicted octanol–water partition coefficient (Wildman–Crippen LogP) is 0.588. The summed E-state index contributed by atoms with van der Waals surface area (Å²) < 4.78 is 4.49. The minimum Gasteiger partial charge on any atom is -0.854 e. The Morgan fingerprint density at radius 2 is 1.08 bits per heavy atom. The van der Waals surface area contributed by atoms with Crippen LogP contribution in [0.5, 0.6) is 0 Å². The molecule has 6 nitrogen and oxygen atoms in total. The van der Waals surface area contributed by atoms with Gasteiger partial charge in [-0.1, -0.05) is 59.3 Å². The average molecular weight is 464 g/mol. The molecule has 0 saturated carbocycles. The van der Waals surface area contributed by atoms with Crippen LogP contribution in [0.25, 0.3) is 0 Å². The molecule has 0 amide bonds. The van der Waals surface area contributed by atoms with E-state index in [2.05, 4.69) is 4.74 Å². The van der Waals surface area contributed by atoms with Crippen molar-refractivity contribution in [1.82, 2.24) is 0 Å². The van der Waals surface area contributed by atoms with Gasteiger partial charge in [-0.2, -0.15) is 0 Å². The molecule has 0 rings (SSSR count). The second-order valence-electron chi connectivity index (χ2n) is 4.86. The van der Waals surface area contributed by atoms with Crippen molar-refractivity contribution in [1.29, 1.82) is 0 Å². The van der Waals surface area contributed by atoms with Crippen molar-refractivity contribution in [3.63, 3.8) is 0 Å². The molecule has 0 aliphatic carbocycles. The molecule has 0 unspecified atom stereocenters. The third-order valence-corrected chi connectivity index (χ3v) is 2.19. The summed E-state index contributed by atoms with van der Waals surface area (Å²) in [6, 6.07) is 0. The number of rotatable bonds is 9. The fourth-order valence-electron chi connectivity index (χ4n) is 0.848. The first-order valence-electron chi connectivity index (χ1n) is 8.80. The molecule has 0 aliphatic heterocycles. The van der Waals surface area contributed by atoms with Crippen LogP contribution < -0.4 is 15.3 Å². The van der Waals surface area contributed by atoms with Gasteiger partial charge in [0.15, 0.2) is 0 Å². The molecule has 0 N–H and O–H groups in total. The molecule has 25 heavy (non-hydrogen) atoms. The van der Waals surface area contributed by atoms with Gasteiger partial charge >= 0.3 is 31.8 Å². The number of Topliss-reactive ketones (excluding diaryl/α,β-unsaturated/α-hetero) is 1. The molecule has 148 valence electrons. The number of carbonyl (C=O) groups is 2. The van der Waals surface area contributed by atoms with E-state index in [1.807, 2.05) is 20.8 Å². The van der Waals surface area contributed by atoms with Crippen LogP contribution in [0.2, 0.25) is 0 Å². The van der Waals surface area contributed by atoms with Gasteiger partial charge in [0.1, 0.15) is 12.2 Å².